The predicted octanol–water partition coefficient (Wildman–Crippen LogP) is 5.33. The highest BCUT2D eigenvalue weighted by atomic mass is 16.5. The van der Waals surface area contributed by atoms with Gasteiger partial charge in [-0.2, -0.15) is 10.1 Å². The Labute approximate surface area is 199 Å². The third-order valence-corrected chi connectivity index (χ3v) is 6.52. The van der Waals surface area contributed by atoms with Crippen molar-refractivity contribution in [1.82, 2.24) is 14.8 Å². The number of carbonyl (C=O) groups excluding carboxylic acids is 1. The lowest BCUT2D eigenvalue weighted by molar-refractivity contribution is -0.146. The van der Waals surface area contributed by atoms with Gasteiger partial charge in [0.25, 0.3) is 0 Å². The van der Waals surface area contributed by atoms with Gasteiger partial charge in [-0.1, -0.05) is 48.4 Å². The molecule has 34 heavy (non-hydrogen) atoms. The van der Waals surface area contributed by atoms with Crippen LogP contribution in [0.3, 0.4) is 0 Å². The standard InChI is InChI=1S/C27H30N4O3/c1-18-7-6-8-20(15-18)16-33-22-13-11-21(12-14-22)25-24(19(2)30-27-28-17-29-31(25)27)26(32)34-23-9-4-3-5-10-23/h6-8,11-15,17,23,25H,3-5,9-10,16H2,1-2H3,(H,28,29,30). The first-order valence-corrected chi connectivity index (χ1v) is 11.9. The molecule has 7 heteroatoms. The zero-order valence-electron chi connectivity index (χ0n) is 19.7. The number of rotatable bonds is 6. The number of carbonyl (C=O) groups is 1. The molecular weight excluding hydrogens is 428 g/mol. The summed E-state index contributed by atoms with van der Waals surface area (Å²) in [7, 11) is 0. The normalized spacial score (nSPS) is 18.2. The molecule has 1 aromatic heterocycles. The molecule has 0 saturated heterocycles. The van der Waals surface area contributed by atoms with E-state index in [0.29, 0.717) is 18.1 Å². The molecule has 1 saturated carbocycles. The molecule has 1 aliphatic heterocycles. The number of aryl methyl sites for hydroxylation is 1. The van der Waals surface area contributed by atoms with Gasteiger partial charge in [0.15, 0.2) is 0 Å². The van der Waals surface area contributed by atoms with E-state index in [0.717, 1.165) is 48.3 Å². The Morgan fingerprint density at radius 3 is 2.65 bits per heavy atom. The number of allylic oxidation sites excluding steroid dienone is 1. The average Bonchev–Trinajstić information content (AvgIpc) is 3.31. The summed E-state index contributed by atoms with van der Waals surface area (Å²) >= 11 is 0. The van der Waals surface area contributed by atoms with Crippen molar-refractivity contribution >= 4 is 11.9 Å². The monoisotopic (exact) mass is 458 g/mol. The lowest BCUT2D eigenvalue weighted by atomic mass is 9.95. The first-order chi connectivity index (χ1) is 16.6. The van der Waals surface area contributed by atoms with Crippen LogP contribution >= 0.6 is 0 Å². The van der Waals surface area contributed by atoms with Crippen molar-refractivity contribution in [2.45, 2.75) is 64.7 Å². The third kappa shape index (κ3) is 4.69. The molecule has 7 nitrogen and oxygen atoms in total. The second-order valence-corrected chi connectivity index (χ2v) is 9.11. The first-order valence-electron chi connectivity index (χ1n) is 11.9. The van der Waals surface area contributed by atoms with Gasteiger partial charge < -0.3 is 14.8 Å². The summed E-state index contributed by atoms with van der Waals surface area (Å²) in [5.74, 6) is 1.09. The number of hydrogen-bond donors (Lipinski definition) is 1. The predicted molar refractivity (Wildman–Crippen MR) is 129 cm³/mol. The Hall–Kier alpha value is -3.61. The highest BCUT2D eigenvalue weighted by molar-refractivity contribution is 5.92. The minimum atomic E-state index is -0.416. The maximum absolute atomic E-state index is 13.3. The summed E-state index contributed by atoms with van der Waals surface area (Å²) in [6.07, 6.45) is 6.76. The van der Waals surface area contributed by atoms with Crippen molar-refractivity contribution in [3.63, 3.8) is 0 Å². The second kappa shape index (κ2) is 9.71. The Morgan fingerprint density at radius 2 is 1.88 bits per heavy atom. The van der Waals surface area contributed by atoms with Gasteiger partial charge in [-0.15, -0.1) is 0 Å². The molecule has 1 atom stereocenters. The summed E-state index contributed by atoms with van der Waals surface area (Å²) < 4.78 is 13.7. The topological polar surface area (TPSA) is 78.3 Å². The number of hydrogen-bond acceptors (Lipinski definition) is 6. The molecule has 1 aliphatic carbocycles. The van der Waals surface area contributed by atoms with E-state index in [4.69, 9.17) is 9.47 Å². The van der Waals surface area contributed by atoms with E-state index in [2.05, 4.69) is 40.5 Å². The van der Waals surface area contributed by atoms with Crippen LogP contribution in [0.4, 0.5) is 5.95 Å². The molecule has 0 radical (unpaired) electrons. The molecule has 2 aliphatic rings. The fourth-order valence-electron chi connectivity index (χ4n) is 4.78. The number of nitrogens with zero attached hydrogens (tertiary/aromatic N) is 3. The number of benzene rings is 2. The summed E-state index contributed by atoms with van der Waals surface area (Å²) in [5.41, 5.74) is 4.57. The van der Waals surface area contributed by atoms with Crippen LogP contribution < -0.4 is 10.1 Å². The van der Waals surface area contributed by atoms with Crippen molar-refractivity contribution in [1.29, 1.82) is 0 Å². The largest absolute Gasteiger partial charge is 0.489 e. The summed E-state index contributed by atoms with van der Waals surface area (Å²) in [6, 6.07) is 15.7. The quantitative estimate of drug-likeness (QED) is 0.503. The molecule has 3 aromatic rings. The smallest absolute Gasteiger partial charge is 0.338 e. The SMILES string of the molecule is CC1=C(C(=O)OC2CCCCC2)C(c2ccc(OCc3cccc(C)c3)cc2)n2ncnc2N1. The van der Waals surface area contributed by atoms with Crippen molar-refractivity contribution in [3.05, 3.63) is 82.8 Å². The lowest BCUT2D eigenvalue weighted by Crippen LogP contribution is -2.32. The summed E-state index contributed by atoms with van der Waals surface area (Å²) in [5, 5.41) is 7.61. The number of fused-ring (bicyclic) bond motifs is 1. The maximum atomic E-state index is 13.3. The van der Waals surface area contributed by atoms with Crippen LogP contribution in [0.15, 0.2) is 66.1 Å². The maximum Gasteiger partial charge on any atom is 0.338 e. The zero-order valence-corrected chi connectivity index (χ0v) is 19.7. The minimum absolute atomic E-state index is 0.0169. The molecule has 0 amide bonds. The second-order valence-electron chi connectivity index (χ2n) is 9.11. The molecule has 1 N–H and O–H groups in total. The fourth-order valence-corrected chi connectivity index (χ4v) is 4.78. The minimum Gasteiger partial charge on any atom is -0.489 e. The van der Waals surface area contributed by atoms with Crippen LogP contribution in [0.25, 0.3) is 0 Å². The van der Waals surface area contributed by atoms with E-state index in [-0.39, 0.29) is 12.1 Å². The first kappa shape index (κ1) is 22.2. The highest BCUT2D eigenvalue weighted by Crippen LogP contribution is 2.36. The van der Waals surface area contributed by atoms with E-state index in [1.807, 2.05) is 37.3 Å². The van der Waals surface area contributed by atoms with E-state index >= 15 is 0 Å². The number of esters is 1. The molecule has 0 bridgehead atoms. The van der Waals surface area contributed by atoms with Gasteiger partial charge in [0, 0.05) is 5.70 Å². The van der Waals surface area contributed by atoms with Gasteiger partial charge in [-0.05, 0) is 62.8 Å². The Bertz CT molecular complexity index is 1190. The van der Waals surface area contributed by atoms with Crippen LogP contribution in [-0.4, -0.2) is 26.8 Å². The third-order valence-electron chi connectivity index (χ3n) is 6.52. The van der Waals surface area contributed by atoms with Gasteiger partial charge in [0.05, 0.1) is 5.57 Å². The van der Waals surface area contributed by atoms with Crippen LogP contribution in [0.5, 0.6) is 5.75 Å². The number of nitrogens with one attached hydrogen (secondary N) is 1. The van der Waals surface area contributed by atoms with Gasteiger partial charge >= 0.3 is 5.97 Å². The Balaban J connectivity index is 1.37. The van der Waals surface area contributed by atoms with Gasteiger partial charge in [-0.3, -0.25) is 0 Å². The molecule has 5 rings (SSSR count). The van der Waals surface area contributed by atoms with Gasteiger partial charge in [0.1, 0.15) is 30.8 Å². The number of ether oxygens (including phenoxy) is 2. The molecule has 0 spiro atoms. The Morgan fingerprint density at radius 1 is 1.09 bits per heavy atom. The van der Waals surface area contributed by atoms with Crippen LogP contribution in [0.1, 0.15) is 61.8 Å². The molecule has 2 aromatic carbocycles. The van der Waals surface area contributed by atoms with Gasteiger partial charge in [0.2, 0.25) is 5.95 Å². The van der Waals surface area contributed by atoms with Crippen molar-refractivity contribution < 1.29 is 14.3 Å². The van der Waals surface area contributed by atoms with Crippen molar-refractivity contribution in [2.24, 2.45) is 0 Å². The van der Waals surface area contributed by atoms with E-state index in [1.54, 1.807) is 4.68 Å². The van der Waals surface area contributed by atoms with Crippen LogP contribution in [0, 0.1) is 6.92 Å². The highest BCUT2D eigenvalue weighted by Gasteiger charge is 2.35. The average molecular weight is 459 g/mol. The van der Waals surface area contributed by atoms with Gasteiger partial charge in [-0.25, -0.2) is 9.48 Å². The Kier molecular flexibility index (Phi) is 6.34. The zero-order chi connectivity index (χ0) is 23.5. The fraction of sp³-hybridized carbons (Fsp3) is 0.370. The van der Waals surface area contributed by atoms with Crippen LogP contribution in [0.2, 0.25) is 0 Å². The molecule has 1 fully saturated rings. The summed E-state index contributed by atoms with van der Waals surface area (Å²) in [6.45, 7) is 4.46. The summed E-state index contributed by atoms with van der Waals surface area (Å²) in [4.78, 5) is 17.6. The molecule has 1 unspecified atom stereocenters. The lowest BCUT2D eigenvalue weighted by Gasteiger charge is -2.30. The number of anilines is 1. The van der Waals surface area contributed by atoms with E-state index in [1.165, 1.54) is 18.3 Å². The van der Waals surface area contributed by atoms with Crippen LogP contribution in [-0.2, 0) is 16.1 Å². The molecule has 2 heterocycles. The van der Waals surface area contributed by atoms with E-state index < -0.39 is 6.04 Å². The van der Waals surface area contributed by atoms with E-state index in [9.17, 15) is 4.79 Å². The molecule has 176 valence electrons. The molecular formula is C27H30N4O3. The van der Waals surface area contributed by atoms with Crippen molar-refractivity contribution in [2.75, 3.05) is 5.32 Å². The van der Waals surface area contributed by atoms with Crippen molar-refractivity contribution in [3.8, 4) is 5.75 Å². The number of aromatic nitrogens is 3.